The van der Waals surface area contributed by atoms with Gasteiger partial charge in [-0.3, -0.25) is 9.78 Å². The molecule has 1 heterocycles. The van der Waals surface area contributed by atoms with E-state index >= 15 is 0 Å². The molecule has 3 N–H and O–H groups in total. The predicted molar refractivity (Wildman–Crippen MR) is 60.3 cm³/mol. The van der Waals surface area contributed by atoms with Crippen LogP contribution in [-0.2, 0) is 4.79 Å². The number of nitrogens with one attached hydrogen (secondary N) is 1. The number of carbonyl (C=O) groups is 1. The van der Waals surface area contributed by atoms with Crippen molar-refractivity contribution in [1.82, 2.24) is 4.98 Å². The van der Waals surface area contributed by atoms with Crippen LogP contribution < -0.4 is 11.1 Å². The van der Waals surface area contributed by atoms with Crippen molar-refractivity contribution in [2.75, 3.05) is 5.32 Å². The van der Waals surface area contributed by atoms with Gasteiger partial charge in [0.2, 0.25) is 5.91 Å². The molecule has 1 aromatic heterocycles. The number of nitrogens with zero attached hydrogens (tertiary/aromatic N) is 1. The third-order valence-corrected chi connectivity index (χ3v) is 2.11. The lowest BCUT2D eigenvalue weighted by atomic mass is 10.1. The van der Waals surface area contributed by atoms with Gasteiger partial charge in [0, 0.05) is 18.7 Å². The van der Waals surface area contributed by atoms with E-state index in [-0.39, 0.29) is 17.6 Å². The first-order valence-corrected chi connectivity index (χ1v) is 5.24. The van der Waals surface area contributed by atoms with Gasteiger partial charge in [0.05, 0.1) is 11.9 Å². The summed E-state index contributed by atoms with van der Waals surface area (Å²) in [6, 6.07) is 1.52. The smallest absolute Gasteiger partial charge is 0.224 e. The van der Waals surface area contributed by atoms with Crippen LogP contribution in [0.15, 0.2) is 18.5 Å². The Kier molecular flexibility index (Phi) is 4.85. The van der Waals surface area contributed by atoms with Gasteiger partial charge in [0.15, 0.2) is 5.82 Å². The van der Waals surface area contributed by atoms with Crippen molar-refractivity contribution in [1.29, 1.82) is 0 Å². The summed E-state index contributed by atoms with van der Waals surface area (Å²) in [5.41, 5.74) is 5.72. The molecular formula is C11H16FN3O. The fraction of sp³-hybridized carbons (Fsp3) is 0.455. The first-order valence-electron chi connectivity index (χ1n) is 5.24. The maximum absolute atomic E-state index is 13.1. The number of anilines is 1. The van der Waals surface area contributed by atoms with E-state index in [1.807, 2.05) is 6.92 Å². The number of amides is 1. The first-order chi connectivity index (χ1) is 7.59. The minimum Gasteiger partial charge on any atom is -0.328 e. The van der Waals surface area contributed by atoms with E-state index in [1.165, 1.54) is 12.3 Å². The molecule has 88 valence electrons. The van der Waals surface area contributed by atoms with E-state index in [9.17, 15) is 9.18 Å². The van der Waals surface area contributed by atoms with E-state index in [2.05, 4.69) is 10.3 Å². The highest BCUT2D eigenvalue weighted by atomic mass is 19.1. The lowest BCUT2D eigenvalue weighted by Gasteiger charge is -2.06. The van der Waals surface area contributed by atoms with Crippen LogP contribution in [-0.4, -0.2) is 16.9 Å². The first kappa shape index (κ1) is 12.6. The van der Waals surface area contributed by atoms with Crippen molar-refractivity contribution < 1.29 is 9.18 Å². The van der Waals surface area contributed by atoms with Crippen LogP contribution in [0.5, 0.6) is 0 Å². The minimum atomic E-state index is -0.525. The van der Waals surface area contributed by atoms with Crippen LogP contribution in [0.2, 0.25) is 0 Å². The molecule has 1 rings (SSSR count). The van der Waals surface area contributed by atoms with Crippen molar-refractivity contribution in [3.8, 4) is 0 Å². The SMILES string of the molecule is CC(N)CCCC(=O)Nc1ccncc1F. The topological polar surface area (TPSA) is 68.0 Å². The van der Waals surface area contributed by atoms with Gasteiger partial charge >= 0.3 is 0 Å². The second kappa shape index (κ2) is 6.17. The fourth-order valence-electron chi connectivity index (χ4n) is 1.27. The Bertz CT molecular complexity index is 355. The van der Waals surface area contributed by atoms with E-state index in [1.54, 1.807) is 0 Å². The van der Waals surface area contributed by atoms with Crippen LogP contribution in [0.3, 0.4) is 0 Å². The molecule has 4 nitrogen and oxygen atoms in total. The molecule has 16 heavy (non-hydrogen) atoms. The molecule has 1 aromatic rings. The quantitative estimate of drug-likeness (QED) is 0.801. The number of nitrogens with two attached hydrogens (primary N) is 1. The number of halogens is 1. The monoisotopic (exact) mass is 225 g/mol. The molecule has 1 unspecified atom stereocenters. The van der Waals surface area contributed by atoms with E-state index in [4.69, 9.17) is 5.73 Å². The van der Waals surface area contributed by atoms with Crippen LogP contribution >= 0.6 is 0 Å². The molecule has 0 spiro atoms. The summed E-state index contributed by atoms with van der Waals surface area (Å²) >= 11 is 0. The van der Waals surface area contributed by atoms with E-state index < -0.39 is 5.82 Å². The van der Waals surface area contributed by atoms with Gasteiger partial charge in [-0.2, -0.15) is 0 Å². The lowest BCUT2D eigenvalue weighted by Crippen LogP contribution is -2.17. The van der Waals surface area contributed by atoms with E-state index in [0.29, 0.717) is 12.8 Å². The molecule has 0 radical (unpaired) electrons. The molecular weight excluding hydrogens is 209 g/mol. The Balaban J connectivity index is 2.37. The molecule has 1 atom stereocenters. The van der Waals surface area contributed by atoms with Crippen molar-refractivity contribution >= 4 is 11.6 Å². The van der Waals surface area contributed by atoms with Crippen LogP contribution in [0.25, 0.3) is 0 Å². The highest BCUT2D eigenvalue weighted by Crippen LogP contribution is 2.11. The van der Waals surface area contributed by atoms with Gasteiger partial charge in [-0.05, 0) is 25.8 Å². The number of rotatable bonds is 5. The molecule has 1 amide bonds. The predicted octanol–water partition coefficient (Wildman–Crippen LogP) is 1.68. The summed E-state index contributed by atoms with van der Waals surface area (Å²) in [4.78, 5) is 15.0. The zero-order valence-corrected chi connectivity index (χ0v) is 9.24. The number of carbonyl (C=O) groups excluding carboxylic acids is 1. The third kappa shape index (κ3) is 4.35. The Labute approximate surface area is 94.1 Å². The normalized spacial score (nSPS) is 12.2. The molecule has 0 aliphatic carbocycles. The Morgan fingerprint density at radius 1 is 1.69 bits per heavy atom. The Morgan fingerprint density at radius 3 is 3.06 bits per heavy atom. The average molecular weight is 225 g/mol. The summed E-state index contributed by atoms with van der Waals surface area (Å²) in [5.74, 6) is -0.728. The highest BCUT2D eigenvalue weighted by Gasteiger charge is 2.06. The number of aromatic nitrogens is 1. The Morgan fingerprint density at radius 2 is 2.44 bits per heavy atom. The summed E-state index contributed by atoms with van der Waals surface area (Å²) in [7, 11) is 0. The third-order valence-electron chi connectivity index (χ3n) is 2.11. The van der Waals surface area contributed by atoms with Crippen molar-refractivity contribution in [3.05, 3.63) is 24.3 Å². The van der Waals surface area contributed by atoms with E-state index in [0.717, 1.165) is 12.6 Å². The molecule has 0 fully saturated rings. The number of hydrogen-bond donors (Lipinski definition) is 2. The van der Waals surface area contributed by atoms with Crippen molar-refractivity contribution in [2.45, 2.75) is 32.2 Å². The van der Waals surface area contributed by atoms with Gasteiger partial charge < -0.3 is 11.1 Å². The summed E-state index contributed by atoms with van der Waals surface area (Å²) < 4.78 is 13.1. The fourth-order valence-corrected chi connectivity index (χ4v) is 1.27. The summed E-state index contributed by atoms with van der Waals surface area (Å²) in [5, 5.41) is 2.49. The lowest BCUT2D eigenvalue weighted by molar-refractivity contribution is -0.116. The van der Waals surface area contributed by atoms with Crippen molar-refractivity contribution in [3.63, 3.8) is 0 Å². The van der Waals surface area contributed by atoms with Gasteiger partial charge in [0.1, 0.15) is 0 Å². The highest BCUT2D eigenvalue weighted by molar-refractivity contribution is 5.90. The molecule has 0 saturated heterocycles. The zero-order chi connectivity index (χ0) is 12.0. The second-order valence-electron chi connectivity index (χ2n) is 3.77. The largest absolute Gasteiger partial charge is 0.328 e. The second-order valence-corrected chi connectivity index (χ2v) is 3.77. The molecule has 0 saturated carbocycles. The minimum absolute atomic E-state index is 0.0884. The van der Waals surface area contributed by atoms with Crippen molar-refractivity contribution in [2.24, 2.45) is 5.73 Å². The average Bonchev–Trinajstić information content (AvgIpc) is 2.21. The molecule has 0 aliphatic heterocycles. The van der Waals surface area contributed by atoms with Crippen LogP contribution in [0.4, 0.5) is 10.1 Å². The van der Waals surface area contributed by atoms with Gasteiger partial charge in [-0.15, -0.1) is 0 Å². The molecule has 0 aromatic carbocycles. The maximum atomic E-state index is 13.1. The van der Waals surface area contributed by atoms with Gasteiger partial charge in [-0.25, -0.2) is 4.39 Å². The standard InChI is InChI=1S/C11H16FN3O/c1-8(13)3-2-4-11(16)15-10-5-6-14-7-9(10)12/h5-8H,2-4,13H2,1H3,(H,14,15,16). The molecule has 5 heteroatoms. The van der Waals surface area contributed by atoms with Crippen LogP contribution in [0, 0.1) is 5.82 Å². The van der Waals surface area contributed by atoms with Crippen LogP contribution in [0.1, 0.15) is 26.2 Å². The maximum Gasteiger partial charge on any atom is 0.224 e. The Hall–Kier alpha value is -1.49. The molecule has 0 aliphatic rings. The number of hydrogen-bond acceptors (Lipinski definition) is 3. The molecule has 0 bridgehead atoms. The summed E-state index contributed by atoms with van der Waals surface area (Å²) in [6.45, 7) is 1.89. The van der Waals surface area contributed by atoms with Gasteiger partial charge in [-0.1, -0.05) is 0 Å². The number of pyridine rings is 1. The zero-order valence-electron chi connectivity index (χ0n) is 9.24. The summed E-state index contributed by atoms with van der Waals surface area (Å²) in [6.07, 6.45) is 4.34. The van der Waals surface area contributed by atoms with Gasteiger partial charge in [0.25, 0.3) is 0 Å².